The molecule has 5 heteroatoms. The Bertz CT molecular complexity index is 660. The summed E-state index contributed by atoms with van der Waals surface area (Å²) in [4.78, 5) is 15.9. The average Bonchev–Trinajstić information content (AvgIpc) is 3.22. The van der Waals surface area contributed by atoms with Gasteiger partial charge in [-0.05, 0) is 36.1 Å². The van der Waals surface area contributed by atoms with Crippen molar-refractivity contribution in [2.45, 2.75) is 12.3 Å². The van der Waals surface area contributed by atoms with Crippen LogP contribution in [0.3, 0.4) is 0 Å². The van der Waals surface area contributed by atoms with E-state index < -0.39 is 0 Å². The van der Waals surface area contributed by atoms with Crippen LogP contribution in [-0.4, -0.2) is 16.0 Å². The fraction of sp³-hybridized carbons (Fsp3) is 0.200. The Morgan fingerprint density at radius 2 is 2.10 bits per heavy atom. The topological polar surface area (TPSA) is 62.2 Å². The number of aromatic hydroxyl groups is 1. The maximum Gasteiger partial charge on any atom is 0.229 e. The smallest absolute Gasteiger partial charge is 0.229 e. The second-order valence-electron chi connectivity index (χ2n) is 4.83. The first-order valence-corrected chi connectivity index (χ1v) is 6.36. The molecule has 102 valence electrons. The molecular formula is C15H13FN2O2. The van der Waals surface area contributed by atoms with Gasteiger partial charge in [-0.25, -0.2) is 9.37 Å². The maximum absolute atomic E-state index is 13.6. The van der Waals surface area contributed by atoms with Crippen molar-refractivity contribution in [1.82, 2.24) is 4.98 Å². The fourth-order valence-corrected chi connectivity index (χ4v) is 2.31. The van der Waals surface area contributed by atoms with E-state index in [0.29, 0.717) is 12.0 Å². The SMILES string of the molecule is O=C(Nc1ncccc1O)C1CC1c1ccccc1F. The molecule has 1 aromatic carbocycles. The van der Waals surface area contributed by atoms with Crippen LogP contribution < -0.4 is 5.32 Å². The first-order valence-electron chi connectivity index (χ1n) is 6.36. The molecule has 1 saturated carbocycles. The van der Waals surface area contributed by atoms with Crippen molar-refractivity contribution in [2.75, 3.05) is 5.32 Å². The Morgan fingerprint density at radius 3 is 2.85 bits per heavy atom. The average molecular weight is 272 g/mol. The highest BCUT2D eigenvalue weighted by Gasteiger charge is 2.45. The monoisotopic (exact) mass is 272 g/mol. The van der Waals surface area contributed by atoms with Gasteiger partial charge in [-0.1, -0.05) is 18.2 Å². The van der Waals surface area contributed by atoms with E-state index in [0.717, 1.165) is 0 Å². The number of pyridine rings is 1. The predicted octanol–water partition coefficient (Wildman–Crippen LogP) is 2.67. The minimum Gasteiger partial charge on any atom is -0.504 e. The Balaban J connectivity index is 1.69. The van der Waals surface area contributed by atoms with Crippen molar-refractivity contribution < 1.29 is 14.3 Å². The lowest BCUT2D eigenvalue weighted by Crippen LogP contribution is -2.15. The molecule has 1 aliphatic rings. The molecular weight excluding hydrogens is 259 g/mol. The summed E-state index contributed by atoms with van der Waals surface area (Å²) < 4.78 is 13.6. The predicted molar refractivity (Wildman–Crippen MR) is 71.8 cm³/mol. The standard InChI is InChI=1S/C15H13FN2O2/c16-12-5-2-1-4-9(12)10-8-11(10)15(20)18-14-13(19)6-3-7-17-14/h1-7,10-11,19H,8H2,(H,17,18,20). The molecule has 2 unspecified atom stereocenters. The van der Waals surface area contributed by atoms with Crippen LogP contribution >= 0.6 is 0 Å². The summed E-state index contributed by atoms with van der Waals surface area (Å²) in [6, 6.07) is 9.51. The Labute approximate surface area is 115 Å². The van der Waals surface area contributed by atoms with E-state index in [-0.39, 0.29) is 35.1 Å². The molecule has 3 rings (SSSR count). The lowest BCUT2D eigenvalue weighted by Gasteiger charge is -2.06. The molecule has 0 saturated heterocycles. The van der Waals surface area contributed by atoms with E-state index in [1.807, 2.05) is 0 Å². The number of benzene rings is 1. The lowest BCUT2D eigenvalue weighted by atomic mass is 10.1. The molecule has 0 aliphatic heterocycles. The van der Waals surface area contributed by atoms with Crippen LogP contribution in [0.25, 0.3) is 0 Å². The number of rotatable bonds is 3. The van der Waals surface area contributed by atoms with Gasteiger partial charge in [0.1, 0.15) is 5.82 Å². The van der Waals surface area contributed by atoms with Gasteiger partial charge in [-0.2, -0.15) is 0 Å². The van der Waals surface area contributed by atoms with Crippen LogP contribution in [0.5, 0.6) is 5.75 Å². The minimum absolute atomic E-state index is 0.0797. The van der Waals surface area contributed by atoms with Crippen LogP contribution in [0.4, 0.5) is 10.2 Å². The van der Waals surface area contributed by atoms with Crippen LogP contribution in [0.1, 0.15) is 17.9 Å². The van der Waals surface area contributed by atoms with Gasteiger partial charge in [0.25, 0.3) is 0 Å². The highest BCUT2D eigenvalue weighted by molar-refractivity contribution is 5.95. The molecule has 2 aromatic rings. The molecule has 2 N–H and O–H groups in total. The van der Waals surface area contributed by atoms with E-state index in [1.54, 1.807) is 24.3 Å². The summed E-state index contributed by atoms with van der Waals surface area (Å²) in [6.45, 7) is 0. The zero-order valence-electron chi connectivity index (χ0n) is 10.6. The highest BCUT2D eigenvalue weighted by atomic mass is 19.1. The number of halogens is 1. The molecule has 0 radical (unpaired) electrons. The molecule has 0 bridgehead atoms. The van der Waals surface area contributed by atoms with Gasteiger partial charge in [0.05, 0.1) is 0 Å². The second kappa shape index (κ2) is 4.92. The Morgan fingerprint density at radius 1 is 1.30 bits per heavy atom. The fourth-order valence-electron chi connectivity index (χ4n) is 2.31. The zero-order valence-corrected chi connectivity index (χ0v) is 10.6. The molecule has 1 amide bonds. The van der Waals surface area contributed by atoms with Gasteiger partial charge in [0.15, 0.2) is 11.6 Å². The number of amides is 1. The first kappa shape index (κ1) is 12.6. The van der Waals surface area contributed by atoms with Crippen molar-refractivity contribution in [3.05, 3.63) is 54.0 Å². The molecule has 20 heavy (non-hydrogen) atoms. The van der Waals surface area contributed by atoms with E-state index in [1.165, 1.54) is 18.3 Å². The number of aromatic nitrogens is 1. The number of carbonyl (C=O) groups excluding carboxylic acids is 1. The van der Waals surface area contributed by atoms with Crippen molar-refractivity contribution in [1.29, 1.82) is 0 Å². The summed E-state index contributed by atoms with van der Waals surface area (Å²) in [5.41, 5.74) is 0.567. The summed E-state index contributed by atoms with van der Waals surface area (Å²) >= 11 is 0. The van der Waals surface area contributed by atoms with Crippen LogP contribution in [-0.2, 0) is 4.79 Å². The van der Waals surface area contributed by atoms with Gasteiger partial charge in [-0.15, -0.1) is 0 Å². The molecule has 1 aliphatic carbocycles. The van der Waals surface area contributed by atoms with Gasteiger partial charge < -0.3 is 10.4 Å². The second-order valence-corrected chi connectivity index (χ2v) is 4.83. The molecule has 0 spiro atoms. The Hall–Kier alpha value is -2.43. The number of nitrogens with zero attached hydrogens (tertiary/aromatic N) is 1. The molecule has 4 nitrogen and oxygen atoms in total. The van der Waals surface area contributed by atoms with Crippen LogP contribution in [0, 0.1) is 11.7 Å². The molecule has 1 heterocycles. The van der Waals surface area contributed by atoms with Crippen molar-refractivity contribution in [2.24, 2.45) is 5.92 Å². The van der Waals surface area contributed by atoms with Gasteiger partial charge >= 0.3 is 0 Å². The van der Waals surface area contributed by atoms with Gasteiger partial charge in [0.2, 0.25) is 5.91 Å². The third-order valence-corrected chi connectivity index (χ3v) is 3.46. The van der Waals surface area contributed by atoms with Crippen molar-refractivity contribution in [3.8, 4) is 5.75 Å². The van der Waals surface area contributed by atoms with Crippen molar-refractivity contribution in [3.63, 3.8) is 0 Å². The quantitative estimate of drug-likeness (QED) is 0.903. The van der Waals surface area contributed by atoms with E-state index in [2.05, 4.69) is 10.3 Å². The zero-order chi connectivity index (χ0) is 14.1. The third-order valence-electron chi connectivity index (χ3n) is 3.46. The molecule has 1 aromatic heterocycles. The largest absolute Gasteiger partial charge is 0.504 e. The van der Waals surface area contributed by atoms with Crippen LogP contribution in [0.15, 0.2) is 42.6 Å². The van der Waals surface area contributed by atoms with Crippen molar-refractivity contribution >= 4 is 11.7 Å². The number of anilines is 1. The van der Waals surface area contributed by atoms with E-state index in [9.17, 15) is 14.3 Å². The number of nitrogens with one attached hydrogen (secondary N) is 1. The Kier molecular flexibility index (Phi) is 3.10. The first-order chi connectivity index (χ1) is 9.66. The number of hydrogen-bond acceptors (Lipinski definition) is 3. The molecule has 2 atom stereocenters. The van der Waals surface area contributed by atoms with Crippen LogP contribution in [0.2, 0.25) is 0 Å². The summed E-state index contributed by atoms with van der Waals surface area (Å²) in [6.07, 6.45) is 2.09. The van der Waals surface area contributed by atoms with Gasteiger partial charge in [-0.3, -0.25) is 4.79 Å². The summed E-state index contributed by atoms with van der Waals surface area (Å²) in [5.74, 6) is -0.836. The highest BCUT2D eigenvalue weighted by Crippen LogP contribution is 2.48. The number of carbonyl (C=O) groups is 1. The third kappa shape index (κ3) is 2.34. The van der Waals surface area contributed by atoms with Gasteiger partial charge in [0, 0.05) is 12.1 Å². The summed E-state index contributed by atoms with van der Waals surface area (Å²) in [5, 5.41) is 12.1. The summed E-state index contributed by atoms with van der Waals surface area (Å²) in [7, 11) is 0. The van der Waals surface area contributed by atoms with E-state index >= 15 is 0 Å². The number of hydrogen-bond donors (Lipinski definition) is 2. The minimum atomic E-state index is -0.284. The van der Waals surface area contributed by atoms with E-state index in [4.69, 9.17) is 0 Å². The lowest BCUT2D eigenvalue weighted by molar-refractivity contribution is -0.117. The molecule has 1 fully saturated rings. The maximum atomic E-state index is 13.6. The normalized spacial score (nSPS) is 20.4.